The molecule has 0 aromatic heterocycles. The van der Waals surface area contributed by atoms with Crippen LogP contribution in [0.15, 0.2) is 48.5 Å². The number of amides is 2. The molecule has 7 heteroatoms. The molecular weight excluding hydrogens is 432 g/mol. The number of fused-ring (bicyclic) bond motifs is 3. The van der Waals surface area contributed by atoms with Crippen molar-refractivity contribution in [2.45, 2.75) is 63.8 Å². The van der Waals surface area contributed by atoms with E-state index in [9.17, 15) is 14.4 Å². The molecule has 2 aromatic carbocycles. The minimum atomic E-state index is -0.762. The number of unbranched alkanes of at least 4 members (excludes halogenated alkanes) is 4. The van der Waals surface area contributed by atoms with Gasteiger partial charge in [0.15, 0.2) is 0 Å². The Bertz CT molecular complexity index is 945. The summed E-state index contributed by atoms with van der Waals surface area (Å²) in [7, 11) is 0. The van der Waals surface area contributed by atoms with Crippen LogP contribution in [0.25, 0.3) is 11.1 Å². The van der Waals surface area contributed by atoms with E-state index in [1.54, 1.807) is 0 Å². The molecule has 182 valence electrons. The smallest absolute Gasteiger partial charge is 0.407 e. The topological polar surface area (TPSA) is 105 Å². The van der Waals surface area contributed by atoms with Crippen molar-refractivity contribution in [3.05, 3.63) is 59.7 Å². The SMILES string of the molecule is CC[C@H](NC(=O)OCC1c2ccccc2-c2ccccc21)C(=O)NCCCCCCCC(=O)O. The van der Waals surface area contributed by atoms with Crippen molar-refractivity contribution in [3.63, 3.8) is 0 Å². The van der Waals surface area contributed by atoms with Crippen LogP contribution in [-0.2, 0) is 14.3 Å². The number of aliphatic carboxylic acids is 1. The Labute approximate surface area is 200 Å². The Balaban J connectivity index is 1.41. The third-order valence-corrected chi connectivity index (χ3v) is 6.23. The third-order valence-electron chi connectivity index (χ3n) is 6.23. The summed E-state index contributed by atoms with van der Waals surface area (Å²) in [5, 5.41) is 14.2. The van der Waals surface area contributed by atoms with E-state index in [0.717, 1.165) is 36.8 Å². The molecule has 0 saturated carbocycles. The third kappa shape index (κ3) is 6.83. The van der Waals surface area contributed by atoms with Crippen LogP contribution in [0, 0.1) is 0 Å². The molecule has 0 saturated heterocycles. The molecule has 3 rings (SSSR count). The van der Waals surface area contributed by atoms with Crippen molar-refractivity contribution in [2.75, 3.05) is 13.2 Å². The van der Waals surface area contributed by atoms with Crippen LogP contribution in [0.4, 0.5) is 4.79 Å². The number of benzene rings is 2. The van der Waals surface area contributed by atoms with Crippen LogP contribution >= 0.6 is 0 Å². The fraction of sp³-hybridized carbons (Fsp3) is 0.444. The summed E-state index contributed by atoms with van der Waals surface area (Å²) in [5.41, 5.74) is 4.62. The van der Waals surface area contributed by atoms with E-state index in [0.29, 0.717) is 19.4 Å². The van der Waals surface area contributed by atoms with E-state index >= 15 is 0 Å². The van der Waals surface area contributed by atoms with Gasteiger partial charge in [-0.15, -0.1) is 0 Å². The number of hydrogen-bond donors (Lipinski definition) is 3. The molecule has 0 heterocycles. The lowest BCUT2D eigenvalue weighted by molar-refractivity contribution is -0.137. The lowest BCUT2D eigenvalue weighted by Crippen LogP contribution is -2.46. The Morgan fingerprint density at radius 3 is 2.12 bits per heavy atom. The van der Waals surface area contributed by atoms with Gasteiger partial charge >= 0.3 is 12.1 Å². The molecule has 0 fully saturated rings. The summed E-state index contributed by atoms with van der Waals surface area (Å²) >= 11 is 0. The molecule has 1 aliphatic rings. The molecule has 0 bridgehead atoms. The minimum Gasteiger partial charge on any atom is -0.481 e. The van der Waals surface area contributed by atoms with Crippen molar-refractivity contribution >= 4 is 18.0 Å². The Morgan fingerprint density at radius 1 is 0.912 bits per heavy atom. The number of carboxylic acids is 1. The second-order valence-electron chi connectivity index (χ2n) is 8.63. The van der Waals surface area contributed by atoms with Gasteiger partial charge in [0.2, 0.25) is 5.91 Å². The van der Waals surface area contributed by atoms with Crippen LogP contribution < -0.4 is 10.6 Å². The zero-order chi connectivity index (χ0) is 24.3. The number of carbonyl (C=O) groups is 3. The van der Waals surface area contributed by atoms with Crippen LogP contribution in [0.5, 0.6) is 0 Å². The van der Waals surface area contributed by atoms with Gasteiger partial charge in [0.05, 0.1) is 0 Å². The number of ether oxygens (including phenoxy) is 1. The first-order valence-corrected chi connectivity index (χ1v) is 12.1. The summed E-state index contributed by atoms with van der Waals surface area (Å²) < 4.78 is 5.55. The maximum absolute atomic E-state index is 12.5. The van der Waals surface area contributed by atoms with Gasteiger partial charge in [0.25, 0.3) is 0 Å². The lowest BCUT2D eigenvalue weighted by atomic mass is 9.98. The monoisotopic (exact) mass is 466 g/mol. The Kier molecular flexibility index (Phi) is 9.50. The standard InChI is InChI=1S/C27H34N2O5/c1-2-24(26(32)28-17-11-5-3-4-6-16-25(30)31)29-27(33)34-18-23-21-14-9-7-12-19(21)20-13-8-10-15-22(20)23/h7-10,12-15,23-24H,2-6,11,16-18H2,1H3,(H,28,32)(H,29,33)(H,30,31)/t24-/m0/s1. The van der Waals surface area contributed by atoms with Crippen molar-refractivity contribution in [1.29, 1.82) is 0 Å². The van der Waals surface area contributed by atoms with E-state index < -0.39 is 18.1 Å². The van der Waals surface area contributed by atoms with Crippen molar-refractivity contribution < 1.29 is 24.2 Å². The van der Waals surface area contributed by atoms with Crippen LogP contribution in [0.3, 0.4) is 0 Å². The number of hydrogen-bond acceptors (Lipinski definition) is 4. The molecule has 0 radical (unpaired) electrons. The largest absolute Gasteiger partial charge is 0.481 e. The maximum Gasteiger partial charge on any atom is 0.407 e. The maximum atomic E-state index is 12.5. The molecule has 1 atom stereocenters. The molecule has 2 aromatic rings. The zero-order valence-corrected chi connectivity index (χ0v) is 19.7. The first kappa shape index (κ1) is 25.3. The number of alkyl carbamates (subject to hydrolysis) is 1. The first-order chi connectivity index (χ1) is 16.5. The van der Waals surface area contributed by atoms with Gasteiger partial charge in [-0.05, 0) is 41.5 Å². The first-order valence-electron chi connectivity index (χ1n) is 12.1. The van der Waals surface area contributed by atoms with Gasteiger partial charge in [0, 0.05) is 18.9 Å². The van der Waals surface area contributed by atoms with Crippen LogP contribution in [0.2, 0.25) is 0 Å². The highest BCUT2D eigenvalue weighted by Crippen LogP contribution is 2.44. The summed E-state index contributed by atoms with van der Waals surface area (Å²) in [4.78, 5) is 35.4. The van der Waals surface area contributed by atoms with E-state index in [-0.39, 0.29) is 24.9 Å². The number of rotatable bonds is 13. The van der Waals surface area contributed by atoms with E-state index in [2.05, 4.69) is 34.9 Å². The van der Waals surface area contributed by atoms with Crippen molar-refractivity contribution in [3.8, 4) is 11.1 Å². The second-order valence-corrected chi connectivity index (χ2v) is 8.63. The molecule has 7 nitrogen and oxygen atoms in total. The quantitative estimate of drug-likeness (QED) is 0.366. The van der Waals surface area contributed by atoms with Gasteiger partial charge < -0.3 is 20.5 Å². The molecule has 2 amide bonds. The summed E-state index contributed by atoms with van der Waals surface area (Å²) in [6.45, 7) is 2.58. The summed E-state index contributed by atoms with van der Waals surface area (Å²) in [5.74, 6) is -1.01. The second kappa shape index (κ2) is 12.8. The Morgan fingerprint density at radius 2 is 1.50 bits per heavy atom. The summed E-state index contributed by atoms with van der Waals surface area (Å²) in [6.07, 6.45) is 4.32. The average Bonchev–Trinajstić information content (AvgIpc) is 3.16. The number of nitrogens with one attached hydrogen (secondary N) is 2. The fourth-order valence-electron chi connectivity index (χ4n) is 4.40. The minimum absolute atomic E-state index is 0.0254. The van der Waals surface area contributed by atoms with Crippen LogP contribution in [0.1, 0.15) is 68.9 Å². The Hall–Kier alpha value is -3.35. The highest BCUT2D eigenvalue weighted by Gasteiger charge is 2.29. The molecular formula is C27H34N2O5. The van der Waals surface area contributed by atoms with Crippen molar-refractivity contribution in [2.24, 2.45) is 0 Å². The predicted molar refractivity (Wildman–Crippen MR) is 131 cm³/mol. The highest BCUT2D eigenvalue weighted by atomic mass is 16.5. The fourth-order valence-corrected chi connectivity index (χ4v) is 4.40. The molecule has 3 N–H and O–H groups in total. The van der Waals surface area contributed by atoms with E-state index in [4.69, 9.17) is 9.84 Å². The summed E-state index contributed by atoms with van der Waals surface area (Å²) in [6, 6.07) is 15.7. The number of carboxylic acid groups (broad SMARTS) is 1. The van der Waals surface area contributed by atoms with Crippen molar-refractivity contribution in [1.82, 2.24) is 10.6 Å². The molecule has 0 spiro atoms. The van der Waals surface area contributed by atoms with Crippen LogP contribution in [-0.4, -0.2) is 42.3 Å². The number of carbonyl (C=O) groups excluding carboxylic acids is 2. The van der Waals surface area contributed by atoms with Gasteiger partial charge in [-0.3, -0.25) is 9.59 Å². The van der Waals surface area contributed by atoms with Gasteiger partial charge in [-0.1, -0.05) is 74.7 Å². The molecule has 0 aliphatic heterocycles. The normalized spacial score (nSPS) is 13.0. The van der Waals surface area contributed by atoms with Gasteiger partial charge in [0.1, 0.15) is 12.6 Å². The zero-order valence-electron chi connectivity index (χ0n) is 19.7. The highest BCUT2D eigenvalue weighted by molar-refractivity contribution is 5.85. The molecule has 1 aliphatic carbocycles. The van der Waals surface area contributed by atoms with E-state index in [1.807, 2.05) is 31.2 Å². The lowest BCUT2D eigenvalue weighted by Gasteiger charge is -2.18. The van der Waals surface area contributed by atoms with E-state index in [1.165, 1.54) is 11.1 Å². The average molecular weight is 467 g/mol. The predicted octanol–water partition coefficient (Wildman–Crippen LogP) is 4.85. The van der Waals surface area contributed by atoms with Gasteiger partial charge in [-0.25, -0.2) is 4.79 Å². The molecule has 0 unspecified atom stereocenters. The molecule has 34 heavy (non-hydrogen) atoms. The van der Waals surface area contributed by atoms with Gasteiger partial charge in [-0.2, -0.15) is 0 Å².